The number of hydrogen-bond donors (Lipinski definition) is 1. The highest BCUT2D eigenvalue weighted by Gasteiger charge is 2.21. The molecule has 1 aromatic carbocycles. The largest absolute Gasteiger partial charge is 0.352 e. The zero-order valence-corrected chi connectivity index (χ0v) is 17.9. The second kappa shape index (κ2) is 9.17. The van der Waals surface area contributed by atoms with Crippen LogP contribution in [0.4, 0.5) is 0 Å². The van der Waals surface area contributed by atoms with E-state index in [9.17, 15) is 13.2 Å². The second-order valence-electron chi connectivity index (χ2n) is 7.37. The number of benzene rings is 1. The van der Waals surface area contributed by atoms with Crippen LogP contribution in [0.25, 0.3) is 0 Å². The lowest BCUT2D eigenvalue weighted by Gasteiger charge is -2.31. The Hall–Kier alpha value is -1.74. The smallest absolute Gasteiger partial charge is 0.251 e. The molecule has 1 aliphatic heterocycles. The fourth-order valence-corrected chi connectivity index (χ4v) is 4.88. The van der Waals surface area contributed by atoms with Gasteiger partial charge in [0.2, 0.25) is 10.0 Å². The van der Waals surface area contributed by atoms with E-state index < -0.39 is 10.0 Å². The van der Waals surface area contributed by atoms with Crippen molar-refractivity contribution >= 4 is 27.3 Å². The van der Waals surface area contributed by atoms with Gasteiger partial charge in [0.15, 0.2) is 0 Å². The van der Waals surface area contributed by atoms with Crippen molar-refractivity contribution in [2.45, 2.75) is 24.3 Å². The van der Waals surface area contributed by atoms with Gasteiger partial charge in [0, 0.05) is 32.7 Å². The Morgan fingerprint density at radius 2 is 1.86 bits per heavy atom. The number of nitrogens with one attached hydrogen (secondary N) is 1. The minimum Gasteiger partial charge on any atom is -0.352 e. The fourth-order valence-electron chi connectivity index (χ4n) is 3.32. The third kappa shape index (κ3) is 5.20. The molecule has 0 saturated carbocycles. The lowest BCUT2D eigenvalue weighted by molar-refractivity contribution is 0.0935. The third-order valence-electron chi connectivity index (χ3n) is 5.14. The van der Waals surface area contributed by atoms with Gasteiger partial charge in [0.05, 0.1) is 4.90 Å². The van der Waals surface area contributed by atoms with Crippen molar-refractivity contribution in [3.05, 3.63) is 52.2 Å². The summed E-state index contributed by atoms with van der Waals surface area (Å²) in [5, 5.41) is 7.30. The van der Waals surface area contributed by atoms with Gasteiger partial charge in [-0.1, -0.05) is 0 Å². The topological polar surface area (TPSA) is 69.7 Å². The molecule has 152 valence electrons. The molecule has 2 heterocycles. The van der Waals surface area contributed by atoms with Gasteiger partial charge in [-0.3, -0.25) is 9.69 Å². The van der Waals surface area contributed by atoms with Crippen LogP contribution < -0.4 is 5.32 Å². The molecule has 0 atom stereocenters. The first-order chi connectivity index (χ1) is 13.4. The van der Waals surface area contributed by atoms with E-state index in [4.69, 9.17) is 0 Å². The molecule has 0 unspecified atom stereocenters. The number of likely N-dealkylation sites (tertiary alicyclic amines) is 1. The number of rotatable bonds is 7. The van der Waals surface area contributed by atoms with Gasteiger partial charge in [-0.2, -0.15) is 11.3 Å². The Balaban J connectivity index is 1.46. The standard InChI is InChI=1S/C20H27N3O3S2/c1-22(2)28(25,26)19-5-3-18(4-6-19)20(24)21-13-16-7-10-23(11-8-16)14-17-9-12-27-15-17/h3-6,9,12,15-16H,7-8,10-11,13-14H2,1-2H3,(H,21,24). The van der Waals surface area contributed by atoms with Gasteiger partial charge in [0.25, 0.3) is 5.91 Å². The molecule has 1 aromatic heterocycles. The average Bonchev–Trinajstić information content (AvgIpc) is 3.20. The molecule has 8 heteroatoms. The Labute approximate surface area is 171 Å². The zero-order valence-electron chi connectivity index (χ0n) is 16.3. The number of hydrogen-bond acceptors (Lipinski definition) is 5. The molecule has 1 saturated heterocycles. The molecule has 0 radical (unpaired) electrons. The quantitative estimate of drug-likeness (QED) is 0.746. The highest BCUT2D eigenvalue weighted by Crippen LogP contribution is 2.20. The van der Waals surface area contributed by atoms with Crippen molar-refractivity contribution in [3.8, 4) is 0 Å². The van der Waals surface area contributed by atoms with Gasteiger partial charge in [0.1, 0.15) is 0 Å². The highest BCUT2D eigenvalue weighted by molar-refractivity contribution is 7.89. The van der Waals surface area contributed by atoms with Crippen molar-refractivity contribution in [1.29, 1.82) is 0 Å². The first-order valence-electron chi connectivity index (χ1n) is 9.40. The maximum atomic E-state index is 12.4. The highest BCUT2D eigenvalue weighted by atomic mass is 32.2. The first kappa shape index (κ1) is 21.0. The van der Waals surface area contributed by atoms with Crippen molar-refractivity contribution in [2.75, 3.05) is 33.7 Å². The lowest BCUT2D eigenvalue weighted by Crippen LogP contribution is -2.38. The summed E-state index contributed by atoms with van der Waals surface area (Å²) in [6, 6.07) is 8.26. The van der Waals surface area contributed by atoms with E-state index in [0.717, 1.165) is 36.8 Å². The van der Waals surface area contributed by atoms with E-state index in [-0.39, 0.29) is 10.8 Å². The van der Waals surface area contributed by atoms with E-state index in [2.05, 4.69) is 27.0 Å². The Morgan fingerprint density at radius 1 is 1.18 bits per heavy atom. The van der Waals surface area contributed by atoms with Crippen LogP contribution in [-0.4, -0.2) is 57.3 Å². The molecule has 0 bridgehead atoms. The number of carbonyl (C=O) groups excluding carboxylic acids is 1. The van der Waals surface area contributed by atoms with Gasteiger partial charge >= 0.3 is 0 Å². The molecule has 1 amide bonds. The number of nitrogens with zero attached hydrogens (tertiary/aromatic N) is 2. The average molecular weight is 422 g/mol. The van der Waals surface area contributed by atoms with Crippen LogP contribution in [0, 0.1) is 5.92 Å². The Morgan fingerprint density at radius 3 is 2.43 bits per heavy atom. The fraction of sp³-hybridized carbons (Fsp3) is 0.450. The first-order valence-corrected chi connectivity index (χ1v) is 11.8. The van der Waals surface area contributed by atoms with E-state index in [1.54, 1.807) is 23.5 Å². The molecular weight excluding hydrogens is 394 g/mol. The van der Waals surface area contributed by atoms with Crippen molar-refractivity contribution in [1.82, 2.24) is 14.5 Å². The predicted molar refractivity (Wildman–Crippen MR) is 112 cm³/mol. The normalized spacial score (nSPS) is 16.4. The zero-order chi connectivity index (χ0) is 20.1. The molecule has 2 aromatic rings. The van der Waals surface area contributed by atoms with E-state index in [1.165, 1.54) is 31.8 Å². The molecule has 1 fully saturated rings. The summed E-state index contributed by atoms with van der Waals surface area (Å²) in [5.41, 5.74) is 1.85. The predicted octanol–water partition coefficient (Wildman–Crippen LogP) is 2.64. The summed E-state index contributed by atoms with van der Waals surface area (Å²) in [4.78, 5) is 15.0. The van der Waals surface area contributed by atoms with Gasteiger partial charge in [-0.05, 0) is 78.5 Å². The second-order valence-corrected chi connectivity index (χ2v) is 10.3. The SMILES string of the molecule is CN(C)S(=O)(=O)c1ccc(C(=O)NCC2CCN(Cc3ccsc3)CC2)cc1. The molecule has 1 N–H and O–H groups in total. The summed E-state index contributed by atoms with van der Waals surface area (Å²) in [7, 11) is -0.500. The van der Waals surface area contributed by atoms with Crippen LogP contribution in [0.2, 0.25) is 0 Å². The van der Waals surface area contributed by atoms with E-state index in [0.29, 0.717) is 18.0 Å². The number of piperidine rings is 1. The van der Waals surface area contributed by atoms with Gasteiger partial charge in [-0.15, -0.1) is 0 Å². The van der Waals surface area contributed by atoms with Gasteiger partial charge < -0.3 is 5.32 Å². The molecule has 28 heavy (non-hydrogen) atoms. The molecule has 6 nitrogen and oxygen atoms in total. The molecular formula is C20H27N3O3S2. The number of thiophene rings is 1. The lowest BCUT2D eigenvalue weighted by atomic mass is 9.96. The number of sulfonamides is 1. The molecule has 1 aliphatic rings. The third-order valence-corrected chi connectivity index (χ3v) is 7.70. The van der Waals surface area contributed by atoms with Crippen LogP contribution in [0.1, 0.15) is 28.8 Å². The Kier molecular flexibility index (Phi) is 6.87. The van der Waals surface area contributed by atoms with Crippen molar-refractivity contribution in [3.63, 3.8) is 0 Å². The van der Waals surface area contributed by atoms with Crippen LogP contribution in [0.3, 0.4) is 0 Å². The summed E-state index contributed by atoms with van der Waals surface area (Å²) in [6.45, 7) is 3.76. The number of carbonyl (C=O) groups is 1. The maximum absolute atomic E-state index is 12.4. The number of amides is 1. The minimum absolute atomic E-state index is 0.158. The summed E-state index contributed by atoms with van der Waals surface area (Å²) >= 11 is 1.73. The van der Waals surface area contributed by atoms with Crippen LogP contribution in [0.5, 0.6) is 0 Å². The monoisotopic (exact) mass is 421 g/mol. The van der Waals surface area contributed by atoms with Crippen molar-refractivity contribution < 1.29 is 13.2 Å². The summed E-state index contributed by atoms with van der Waals surface area (Å²) < 4.78 is 25.3. The summed E-state index contributed by atoms with van der Waals surface area (Å²) in [6.07, 6.45) is 2.15. The molecule has 3 rings (SSSR count). The summed E-state index contributed by atoms with van der Waals surface area (Å²) in [5.74, 6) is 0.325. The van der Waals surface area contributed by atoms with Crippen LogP contribution in [0.15, 0.2) is 46.0 Å². The van der Waals surface area contributed by atoms with Crippen LogP contribution in [-0.2, 0) is 16.6 Å². The molecule has 0 spiro atoms. The minimum atomic E-state index is -3.48. The van der Waals surface area contributed by atoms with Crippen molar-refractivity contribution in [2.24, 2.45) is 5.92 Å². The van der Waals surface area contributed by atoms with Gasteiger partial charge in [-0.25, -0.2) is 12.7 Å². The Bertz CT molecular complexity index is 870. The molecule has 0 aliphatic carbocycles. The van der Waals surface area contributed by atoms with E-state index >= 15 is 0 Å². The van der Waals surface area contributed by atoms with Crippen LogP contribution >= 0.6 is 11.3 Å². The van der Waals surface area contributed by atoms with E-state index in [1.807, 2.05) is 0 Å². The maximum Gasteiger partial charge on any atom is 0.251 e.